The van der Waals surface area contributed by atoms with Crippen molar-refractivity contribution >= 4 is 28.3 Å². The smallest absolute Gasteiger partial charge is 0.171 e. The third-order valence-electron chi connectivity index (χ3n) is 5.41. The van der Waals surface area contributed by atoms with Gasteiger partial charge in [0.2, 0.25) is 0 Å². The number of nitrogens with one attached hydrogen (secondary N) is 1. The fourth-order valence-corrected chi connectivity index (χ4v) is 4.06. The summed E-state index contributed by atoms with van der Waals surface area (Å²) in [6.07, 6.45) is 6.08. The minimum atomic E-state index is 0.662. The minimum absolute atomic E-state index is 0.662. The van der Waals surface area contributed by atoms with E-state index in [0.29, 0.717) is 13.0 Å². The molecule has 1 aliphatic rings. The van der Waals surface area contributed by atoms with Gasteiger partial charge in [0.05, 0.1) is 24.9 Å². The lowest BCUT2D eigenvalue weighted by molar-refractivity contribution is 0.309. The van der Waals surface area contributed by atoms with E-state index < -0.39 is 0 Å². The van der Waals surface area contributed by atoms with Crippen LogP contribution in [-0.2, 0) is 6.42 Å². The molecule has 7 heteroatoms. The molecule has 30 heavy (non-hydrogen) atoms. The van der Waals surface area contributed by atoms with Crippen LogP contribution in [-0.4, -0.2) is 42.3 Å². The van der Waals surface area contributed by atoms with Crippen LogP contribution in [0, 0.1) is 0 Å². The van der Waals surface area contributed by atoms with Gasteiger partial charge in [-0.1, -0.05) is 17.7 Å². The van der Waals surface area contributed by atoms with Gasteiger partial charge in [-0.05, 0) is 35.4 Å². The van der Waals surface area contributed by atoms with E-state index in [2.05, 4.69) is 32.0 Å². The summed E-state index contributed by atoms with van der Waals surface area (Å²) in [6.45, 7) is 1.50. The molecule has 4 aromatic rings. The Bertz CT molecular complexity index is 1240. The maximum atomic E-state index is 6.78. The second-order valence-corrected chi connectivity index (χ2v) is 7.79. The average Bonchev–Trinajstić information content (AvgIpc) is 3.21. The number of aromatic amines is 1. The number of nitrogens with zero attached hydrogens (tertiary/aromatic N) is 3. The quantitative estimate of drug-likeness (QED) is 0.518. The van der Waals surface area contributed by atoms with Crippen LogP contribution in [0.4, 0.5) is 5.82 Å². The van der Waals surface area contributed by atoms with Crippen molar-refractivity contribution in [2.45, 2.75) is 6.42 Å². The summed E-state index contributed by atoms with van der Waals surface area (Å²) < 4.78 is 11.1. The van der Waals surface area contributed by atoms with Gasteiger partial charge in [-0.15, -0.1) is 0 Å². The zero-order valence-electron chi connectivity index (χ0n) is 16.8. The molecule has 4 heterocycles. The molecule has 1 aromatic carbocycles. The number of ether oxygens (including phenoxy) is 2. The van der Waals surface area contributed by atoms with Crippen molar-refractivity contribution in [2.24, 2.45) is 0 Å². The number of methoxy groups -OCH3 is 1. The van der Waals surface area contributed by atoms with Gasteiger partial charge in [0.1, 0.15) is 12.4 Å². The molecule has 6 nitrogen and oxygen atoms in total. The van der Waals surface area contributed by atoms with Crippen LogP contribution in [0.15, 0.2) is 48.9 Å². The van der Waals surface area contributed by atoms with Gasteiger partial charge in [0, 0.05) is 48.0 Å². The molecule has 0 radical (unpaired) electrons. The molecule has 0 fully saturated rings. The van der Waals surface area contributed by atoms with Gasteiger partial charge in [0.25, 0.3) is 0 Å². The molecule has 0 amide bonds. The third-order valence-corrected chi connectivity index (χ3v) is 5.85. The molecule has 1 N–H and O–H groups in total. The lowest BCUT2D eigenvalue weighted by Crippen LogP contribution is -2.29. The number of halogens is 1. The summed E-state index contributed by atoms with van der Waals surface area (Å²) in [5.74, 6) is 2.41. The first-order valence-corrected chi connectivity index (χ1v) is 10.1. The summed E-state index contributed by atoms with van der Waals surface area (Å²) in [4.78, 5) is 14.4. The molecule has 0 atom stereocenters. The van der Waals surface area contributed by atoms with Crippen molar-refractivity contribution in [3.8, 4) is 22.8 Å². The number of hydrogen-bond donors (Lipinski definition) is 1. The molecular weight excluding hydrogens is 400 g/mol. The molecular formula is C23H21ClN4O2. The Hall–Kier alpha value is -3.25. The summed E-state index contributed by atoms with van der Waals surface area (Å²) in [7, 11) is 3.66. The molecule has 0 saturated heterocycles. The topological polar surface area (TPSA) is 63.3 Å². The number of likely N-dealkylation sites (N-methyl/N-ethyl adjacent to an activating group) is 1. The molecule has 0 saturated carbocycles. The Morgan fingerprint density at radius 1 is 1.20 bits per heavy atom. The van der Waals surface area contributed by atoms with Crippen molar-refractivity contribution in [3.05, 3.63) is 65.1 Å². The van der Waals surface area contributed by atoms with Crippen molar-refractivity contribution in [1.29, 1.82) is 0 Å². The highest BCUT2D eigenvalue weighted by molar-refractivity contribution is 6.36. The van der Waals surface area contributed by atoms with Crippen LogP contribution in [0.1, 0.15) is 11.1 Å². The number of H-pyrrole nitrogens is 1. The van der Waals surface area contributed by atoms with E-state index in [0.717, 1.165) is 62.2 Å². The summed E-state index contributed by atoms with van der Waals surface area (Å²) in [6, 6.07) is 10.2. The van der Waals surface area contributed by atoms with E-state index in [4.69, 9.17) is 21.1 Å². The molecule has 3 aromatic heterocycles. The van der Waals surface area contributed by atoms with Gasteiger partial charge < -0.3 is 19.4 Å². The van der Waals surface area contributed by atoms with E-state index in [9.17, 15) is 0 Å². The van der Waals surface area contributed by atoms with E-state index >= 15 is 0 Å². The standard InChI is InChI=1S/C23H21ClN4O2/c1-28-5-6-30-21-9-16(12-26-23(21)28)20-10-18-19(27-20)4-3-15(22(18)24)7-14-8-17(29-2)13-25-11-14/h3-4,8-13,27H,5-7H2,1-2H3. The summed E-state index contributed by atoms with van der Waals surface area (Å²) >= 11 is 6.78. The number of benzene rings is 1. The average molecular weight is 421 g/mol. The fraction of sp³-hybridized carbons (Fsp3) is 0.217. The van der Waals surface area contributed by atoms with Crippen molar-refractivity contribution < 1.29 is 9.47 Å². The zero-order valence-corrected chi connectivity index (χ0v) is 17.5. The predicted octanol–water partition coefficient (Wildman–Crippen LogP) is 4.71. The van der Waals surface area contributed by atoms with Gasteiger partial charge in [-0.3, -0.25) is 4.98 Å². The molecule has 0 aliphatic carbocycles. The summed E-state index contributed by atoms with van der Waals surface area (Å²) in [5, 5.41) is 1.72. The Kier molecular flexibility index (Phi) is 4.71. The van der Waals surface area contributed by atoms with Crippen LogP contribution >= 0.6 is 11.6 Å². The fourth-order valence-electron chi connectivity index (χ4n) is 3.77. The predicted molar refractivity (Wildman–Crippen MR) is 119 cm³/mol. The van der Waals surface area contributed by atoms with E-state index in [-0.39, 0.29) is 0 Å². The number of hydrogen-bond acceptors (Lipinski definition) is 5. The van der Waals surface area contributed by atoms with Crippen LogP contribution in [0.2, 0.25) is 5.02 Å². The Labute approximate surface area is 179 Å². The number of rotatable bonds is 4. The van der Waals surface area contributed by atoms with Gasteiger partial charge in [0.15, 0.2) is 11.6 Å². The van der Waals surface area contributed by atoms with Gasteiger partial charge in [-0.25, -0.2) is 4.98 Å². The third kappa shape index (κ3) is 3.33. The highest BCUT2D eigenvalue weighted by Gasteiger charge is 2.18. The van der Waals surface area contributed by atoms with Gasteiger partial charge in [-0.2, -0.15) is 0 Å². The van der Waals surface area contributed by atoms with E-state index in [1.54, 1.807) is 13.3 Å². The largest absolute Gasteiger partial charge is 0.495 e. The maximum absolute atomic E-state index is 6.78. The highest BCUT2D eigenvalue weighted by atomic mass is 35.5. The maximum Gasteiger partial charge on any atom is 0.171 e. The van der Waals surface area contributed by atoms with Crippen molar-refractivity contribution in [2.75, 3.05) is 32.2 Å². The Balaban J connectivity index is 1.50. The second kappa shape index (κ2) is 7.54. The van der Waals surface area contributed by atoms with Crippen molar-refractivity contribution in [3.63, 3.8) is 0 Å². The molecule has 152 valence electrons. The number of pyridine rings is 2. The van der Waals surface area contributed by atoms with E-state index in [1.807, 2.05) is 37.6 Å². The first-order chi connectivity index (χ1) is 14.6. The van der Waals surface area contributed by atoms with Crippen LogP contribution in [0.5, 0.6) is 11.5 Å². The minimum Gasteiger partial charge on any atom is -0.495 e. The van der Waals surface area contributed by atoms with E-state index in [1.165, 1.54) is 0 Å². The number of aromatic nitrogens is 3. The van der Waals surface area contributed by atoms with Crippen LogP contribution in [0.3, 0.4) is 0 Å². The first kappa shape index (κ1) is 18.8. The molecule has 5 rings (SSSR count). The first-order valence-electron chi connectivity index (χ1n) is 9.75. The van der Waals surface area contributed by atoms with Crippen LogP contribution in [0.25, 0.3) is 22.2 Å². The molecule has 0 bridgehead atoms. The number of fused-ring (bicyclic) bond motifs is 2. The SMILES string of the molecule is COc1cncc(Cc2ccc3[nH]c(-c4cnc5c(c4)OCCN5C)cc3c2Cl)c1. The number of anilines is 1. The molecule has 0 unspecified atom stereocenters. The monoisotopic (exact) mass is 420 g/mol. The van der Waals surface area contributed by atoms with Crippen molar-refractivity contribution in [1.82, 2.24) is 15.0 Å². The van der Waals surface area contributed by atoms with Crippen LogP contribution < -0.4 is 14.4 Å². The molecule has 1 aliphatic heterocycles. The van der Waals surface area contributed by atoms with Gasteiger partial charge >= 0.3 is 0 Å². The Morgan fingerprint density at radius 2 is 2.10 bits per heavy atom. The normalized spacial score (nSPS) is 13.2. The lowest BCUT2D eigenvalue weighted by Gasteiger charge is -2.26. The Morgan fingerprint density at radius 3 is 2.97 bits per heavy atom. The second-order valence-electron chi connectivity index (χ2n) is 7.41. The highest BCUT2D eigenvalue weighted by Crippen LogP contribution is 2.36. The zero-order chi connectivity index (χ0) is 20.7. The lowest BCUT2D eigenvalue weighted by atomic mass is 10.0. The summed E-state index contributed by atoms with van der Waals surface area (Å²) in [5.41, 5.74) is 5.00. The molecule has 0 spiro atoms.